The lowest BCUT2D eigenvalue weighted by atomic mass is 10.3. The van der Waals surface area contributed by atoms with Gasteiger partial charge in [0.2, 0.25) is 5.91 Å². The fourth-order valence-electron chi connectivity index (χ4n) is 1.57. The number of aromatic nitrogens is 1. The van der Waals surface area contributed by atoms with Crippen molar-refractivity contribution in [2.45, 2.75) is 26.8 Å². The van der Waals surface area contributed by atoms with Gasteiger partial charge in [-0.3, -0.25) is 4.79 Å². The molecule has 0 unspecified atom stereocenters. The van der Waals surface area contributed by atoms with E-state index < -0.39 is 0 Å². The van der Waals surface area contributed by atoms with E-state index >= 15 is 0 Å². The van der Waals surface area contributed by atoms with Gasteiger partial charge < -0.3 is 16.0 Å². The molecule has 0 atom stereocenters. The first-order valence-corrected chi connectivity index (χ1v) is 6.76. The highest BCUT2D eigenvalue weighted by Crippen LogP contribution is 2.29. The molecule has 0 saturated heterocycles. The number of amides is 1. The molecule has 7 heteroatoms. The lowest BCUT2D eigenvalue weighted by Crippen LogP contribution is -2.40. The van der Waals surface area contributed by atoms with E-state index in [1.54, 1.807) is 4.90 Å². The summed E-state index contributed by atoms with van der Waals surface area (Å²) in [5.41, 5.74) is 5.66. The number of halogens is 2. The monoisotopic (exact) mass is 304 g/mol. The summed E-state index contributed by atoms with van der Waals surface area (Å²) >= 11 is 11.9. The molecule has 19 heavy (non-hydrogen) atoms. The first-order chi connectivity index (χ1) is 8.85. The van der Waals surface area contributed by atoms with Crippen molar-refractivity contribution in [2.75, 3.05) is 23.7 Å². The van der Waals surface area contributed by atoms with Gasteiger partial charge in [-0.15, -0.1) is 0 Å². The Morgan fingerprint density at radius 2 is 2.11 bits per heavy atom. The molecule has 0 fully saturated rings. The summed E-state index contributed by atoms with van der Waals surface area (Å²) in [4.78, 5) is 17.7. The maximum absolute atomic E-state index is 11.8. The average Bonchev–Trinajstić information content (AvgIpc) is 2.30. The maximum Gasteiger partial charge on any atom is 0.239 e. The van der Waals surface area contributed by atoms with E-state index in [0.717, 1.165) is 0 Å². The zero-order valence-electron chi connectivity index (χ0n) is 11.2. The van der Waals surface area contributed by atoms with Gasteiger partial charge in [0.05, 0.1) is 16.6 Å². The molecule has 1 aromatic rings. The molecule has 0 radical (unpaired) electrons. The summed E-state index contributed by atoms with van der Waals surface area (Å²) in [5.74, 6) is 0.567. The highest BCUT2D eigenvalue weighted by atomic mass is 35.5. The van der Waals surface area contributed by atoms with E-state index in [0.29, 0.717) is 22.4 Å². The molecule has 0 bridgehead atoms. The zero-order valence-corrected chi connectivity index (χ0v) is 12.7. The number of carbonyl (C=O) groups is 1. The first-order valence-electron chi connectivity index (χ1n) is 6.01. The standard InChI is InChI=1S/C12H18Cl2N4O/c1-4-18(6-10(19)16-7(2)3)12-9(14)5-8(13)11(15)17-12/h5,7H,4,6H2,1-3H3,(H2,15,17)(H,16,19). The number of likely N-dealkylation sites (N-methyl/N-ethyl adjacent to an activating group) is 1. The smallest absolute Gasteiger partial charge is 0.239 e. The zero-order chi connectivity index (χ0) is 14.6. The highest BCUT2D eigenvalue weighted by Gasteiger charge is 2.16. The molecule has 0 aliphatic rings. The van der Waals surface area contributed by atoms with Gasteiger partial charge in [-0.25, -0.2) is 4.98 Å². The van der Waals surface area contributed by atoms with E-state index in [1.165, 1.54) is 6.07 Å². The molecule has 0 saturated carbocycles. The van der Waals surface area contributed by atoms with Crippen molar-refractivity contribution in [3.8, 4) is 0 Å². The highest BCUT2D eigenvalue weighted by molar-refractivity contribution is 6.37. The van der Waals surface area contributed by atoms with Crippen LogP contribution in [0.5, 0.6) is 0 Å². The van der Waals surface area contributed by atoms with E-state index in [-0.39, 0.29) is 24.3 Å². The van der Waals surface area contributed by atoms with Crippen molar-refractivity contribution in [2.24, 2.45) is 0 Å². The third-order valence-corrected chi connectivity index (χ3v) is 2.98. The van der Waals surface area contributed by atoms with Crippen molar-refractivity contribution in [3.05, 3.63) is 16.1 Å². The summed E-state index contributed by atoms with van der Waals surface area (Å²) in [6, 6.07) is 1.62. The molecule has 1 aromatic heterocycles. The topological polar surface area (TPSA) is 71.2 Å². The second-order valence-electron chi connectivity index (χ2n) is 4.40. The number of anilines is 2. The number of rotatable bonds is 5. The van der Waals surface area contributed by atoms with Crippen molar-refractivity contribution >= 4 is 40.7 Å². The Morgan fingerprint density at radius 3 is 2.63 bits per heavy atom. The summed E-state index contributed by atoms with van der Waals surface area (Å²) in [7, 11) is 0. The molecule has 1 rings (SSSR count). The number of hydrogen-bond acceptors (Lipinski definition) is 4. The lowest BCUT2D eigenvalue weighted by molar-refractivity contribution is -0.120. The molecule has 0 aromatic carbocycles. The van der Waals surface area contributed by atoms with Crippen LogP contribution in [0.3, 0.4) is 0 Å². The van der Waals surface area contributed by atoms with Crippen molar-refractivity contribution in [1.29, 1.82) is 0 Å². The number of nitrogens with zero attached hydrogens (tertiary/aromatic N) is 2. The molecule has 1 heterocycles. The van der Waals surface area contributed by atoms with Crippen LogP contribution < -0.4 is 16.0 Å². The Balaban J connectivity index is 2.91. The Labute approximate surface area is 123 Å². The minimum absolute atomic E-state index is 0.0879. The van der Waals surface area contributed by atoms with E-state index in [4.69, 9.17) is 28.9 Å². The van der Waals surface area contributed by atoms with Gasteiger partial charge in [-0.1, -0.05) is 23.2 Å². The van der Waals surface area contributed by atoms with Crippen LogP contribution in [0.15, 0.2) is 6.07 Å². The molecular weight excluding hydrogens is 287 g/mol. The third kappa shape index (κ3) is 4.44. The summed E-state index contributed by atoms with van der Waals surface area (Å²) in [5, 5.41) is 3.49. The van der Waals surface area contributed by atoms with E-state index in [2.05, 4.69) is 10.3 Å². The molecule has 106 valence electrons. The Morgan fingerprint density at radius 1 is 1.47 bits per heavy atom. The van der Waals surface area contributed by atoms with E-state index in [1.807, 2.05) is 20.8 Å². The van der Waals surface area contributed by atoms with Crippen LogP contribution in [0, 0.1) is 0 Å². The van der Waals surface area contributed by atoms with E-state index in [9.17, 15) is 4.79 Å². The average molecular weight is 305 g/mol. The summed E-state index contributed by atoms with van der Waals surface area (Å²) < 4.78 is 0. The number of pyridine rings is 1. The third-order valence-electron chi connectivity index (χ3n) is 2.40. The number of hydrogen-bond donors (Lipinski definition) is 2. The van der Waals surface area contributed by atoms with Crippen LogP contribution in [0.2, 0.25) is 10.0 Å². The van der Waals surface area contributed by atoms with Crippen LogP contribution in [-0.4, -0.2) is 30.0 Å². The molecule has 0 spiro atoms. The van der Waals surface area contributed by atoms with Gasteiger partial charge in [0.25, 0.3) is 0 Å². The number of carbonyl (C=O) groups excluding carboxylic acids is 1. The minimum atomic E-state index is -0.0942. The lowest BCUT2D eigenvalue weighted by Gasteiger charge is -2.23. The van der Waals surface area contributed by atoms with Gasteiger partial charge >= 0.3 is 0 Å². The second-order valence-corrected chi connectivity index (χ2v) is 5.21. The predicted octanol–water partition coefficient (Wildman–Crippen LogP) is 2.32. The Kier molecular flexibility index (Phi) is 5.69. The summed E-state index contributed by atoms with van der Waals surface area (Å²) in [6.45, 7) is 6.46. The SMILES string of the molecule is CCN(CC(=O)NC(C)C)c1nc(N)c(Cl)cc1Cl. The number of nitrogens with two attached hydrogens (primary N) is 1. The van der Waals surface area contributed by atoms with Gasteiger partial charge in [-0.2, -0.15) is 0 Å². The predicted molar refractivity (Wildman–Crippen MR) is 79.8 cm³/mol. The molecule has 0 aliphatic carbocycles. The van der Waals surface area contributed by atoms with Crippen LogP contribution in [-0.2, 0) is 4.79 Å². The van der Waals surface area contributed by atoms with Crippen LogP contribution >= 0.6 is 23.2 Å². The maximum atomic E-state index is 11.8. The number of nitrogens with one attached hydrogen (secondary N) is 1. The van der Waals surface area contributed by atoms with Crippen molar-refractivity contribution < 1.29 is 4.79 Å². The molecule has 0 aliphatic heterocycles. The summed E-state index contributed by atoms with van der Waals surface area (Å²) in [6.07, 6.45) is 0. The molecule has 3 N–H and O–H groups in total. The first kappa shape index (κ1) is 15.9. The molecule has 5 nitrogen and oxygen atoms in total. The Hall–Kier alpha value is -1.20. The van der Waals surface area contributed by atoms with Crippen LogP contribution in [0.4, 0.5) is 11.6 Å². The van der Waals surface area contributed by atoms with Gasteiger partial charge in [0.15, 0.2) is 0 Å². The fourth-order valence-corrected chi connectivity index (χ4v) is 2.05. The van der Waals surface area contributed by atoms with Gasteiger partial charge in [0.1, 0.15) is 11.6 Å². The largest absolute Gasteiger partial charge is 0.382 e. The van der Waals surface area contributed by atoms with Crippen LogP contribution in [0.25, 0.3) is 0 Å². The van der Waals surface area contributed by atoms with Crippen LogP contribution in [0.1, 0.15) is 20.8 Å². The fraction of sp³-hybridized carbons (Fsp3) is 0.500. The van der Waals surface area contributed by atoms with Crippen molar-refractivity contribution in [1.82, 2.24) is 10.3 Å². The second kappa shape index (κ2) is 6.82. The van der Waals surface area contributed by atoms with Gasteiger partial charge in [0, 0.05) is 12.6 Å². The molecule has 1 amide bonds. The quantitative estimate of drug-likeness (QED) is 0.876. The number of nitrogen functional groups attached to an aromatic ring is 1. The molecular formula is C12H18Cl2N4O. The minimum Gasteiger partial charge on any atom is -0.382 e. The van der Waals surface area contributed by atoms with Crippen molar-refractivity contribution in [3.63, 3.8) is 0 Å². The normalized spacial score (nSPS) is 10.6. The van der Waals surface area contributed by atoms with Gasteiger partial charge in [-0.05, 0) is 26.8 Å². The Bertz CT molecular complexity index is 465.